The molecule has 0 amide bonds. The number of ether oxygens (including phenoxy) is 2. The number of rotatable bonds is 4. The Balaban J connectivity index is 2.17. The number of Topliss-reactive ketones (excluding diaryl/α,β-unsaturated/α-hetero) is 2. The monoisotopic (exact) mass is 386 g/mol. The molecule has 2 N–H and O–H groups in total. The van der Waals surface area contributed by atoms with Crippen molar-refractivity contribution in [2.45, 2.75) is 58.2 Å². The molecule has 150 valence electrons. The Kier molecular flexibility index (Phi) is 4.66. The van der Waals surface area contributed by atoms with Crippen molar-refractivity contribution in [2.75, 3.05) is 7.11 Å². The molecule has 2 unspecified atom stereocenters. The van der Waals surface area contributed by atoms with Gasteiger partial charge < -0.3 is 19.7 Å². The summed E-state index contributed by atoms with van der Waals surface area (Å²) in [5, 5.41) is 20.7. The molecule has 2 atom stereocenters. The first-order chi connectivity index (χ1) is 12.9. The minimum absolute atomic E-state index is 0.0150. The number of hydrogen-bond donors (Lipinski definition) is 2. The van der Waals surface area contributed by atoms with Gasteiger partial charge in [0.25, 0.3) is 0 Å². The maximum Gasteiger partial charge on any atom is 0.228 e. The number of fused-ring (bicyclic) bond motifs is 3. The molecule has 0 saturated carbocycles. The third kappa shape index (κ3) is 2.92. The predicted octanol–water partition coefficient (Wildman–Crippen LogP) is 3.45. The van der Waals surface area contributed by atoms with Gasteiger partial charge in [0, 0.05) is 22.1 Å². The minimum Gasteiger partial charge on any atom is -0.507 e. The van der Waals surface area contributed by atoms with Gasteiger partial charge in [-0.05, 0) is 40.2 Å². The van der Waals surface area contributed by atoms with Crippen molar-refractivity contribution in [3.8, 4) is 11.5 Å². The lowest BCUT2D eigenvalue weighted by molar-refractivity contribution is 0.0902. The lowest BCUT2D eigenvalue weighted by atomic mass is 9.74. The summed E-state index contributed by atoms with van der Waals surface area (Å²) in [6.07, 6.45) is 3.67. The summed E-state index contributed by atoms with van der Waals surface area (Å²) < 4.78 is 11.1. The highest BCUT2D eigenvalue weighted by atomic mass is 16.5. The first kappa shape index (κ1) is 20.1. The number of carbonyl (C=O) groups excluding carboxylic acids is 2. The zero-order chi connectivity index (χ0) is 21.0. The molecule has 1 aliphatic heterocycles. The zero-order valence-electron chi connectivity index (χ0n) is 17.0. The van der Waals surface area contributed by atoms with Gasteiger partial charge in [-0.15, -0.1) is 0 Å². The second-order valence-electron chi connectivity index (χ2n) is 8.28. The maximum atomic E-state index is 13.0. The fourth-order valence-corrected chi connectivity index (χ4v) is 3.92. The highest BCUT2D eigenvalue weighted by Crippen LogP contribution is 2.53. The average Bonchev–Trinajstić information content (AvgIpc) is 2.84. The van der Waals surface area contributed by atoms with Gasteiger partial charge >= 0.3 is 0 Å². The van der Waals surface area contributed by atoms with Crippen LogP contribution in [-0.2, 0) is 10.2 Å². The van der Waals surface area contributed by atoms with Crippen LogP contribution >= 0.6 is 0 Å². The van der Waals surface area contributed by atoms with Crippen LogP contribution in [0.3, 0.4) is 0 Å². The number of hydrogen-bond acceptors (Lipinski definition) is 6. The Morgan fingerprint density at radius 3 is 2.54 bits per heavy atom. The zero-order valence-corrected chi connectivity index (χ0v) is 17.0. The summed E-state index contributed by atoms with van der Waals surface area (Å²) in [5.74, 6) is -0.632. The fourth-order valence-electron chi connectivity index (χ4n) is 3.92. The largest absolute Gasteiger partial charge is 0.507 e. The summed E-state index contributed by atoms with van der Waals surface area (Å²) in [5.41, 5.74) is -0.585. The molecule has 3 rings (SSSR count). The lowest BCUT2D eigenvalue weighted by Gasteiger charge is -2.28. The molecule has 0 aromatic heterocycles. The van der Waals surface area contributed by atoms with Crippen molar-refractivity contribution in [3.05, 3.63) is 46.2 Å². The maximum absolute atomic E-state index is 13.0. The standard InChI is InChI=1S/C22H26O6/c1-11-17(24)15-13(18(25)19(11)27-6)10-14(23)16-20(15)28-12(2)22(16,5)9-7-8-21(3,4)26/h7-8,10,12,23,26H,9H2,1-6H3/b8-7+. The topological polar surface area (TPSA) is 93.1 Å². The van der Waals surface area contributed by atoms with E-state index in [1.54, 1.807) is 26.8 Å². The van der Waals surface area contributed by atoms with Crippen LogP contribution < -0.4 is 4.74 Å². The number of phenolic OH excluding ortho intramolecular Hbond substituents is 1. The third-order valence-electron chi connectivity index (χ3n) is 5.65. The molecule has 0 saturated heterocycles. The number of phenols is 1. The van der Waals surface area contributed by atoms with Crippen LogP contribution in [0.1, 0.15) is 67.3 Å². The van der Waals surface area contributed by atoms with Gasteiger partial charge in [0.1, 0.15) is 17.6 Å². The summed E-state index contributed by atoms with van der Waals surface area (Å²) in [4.78, 5) is 25.7. The van der Waals surface area contributed by atoms with Crippen molar-refractivity contribution in [3.63, 3.8) is 0 Å². The van der Waals surface area contributed by atoms with Gasteiger partial charge in [0.2, 0.25) is 5.78 Å². The number of allylic oxidation sites excluding steroid dienone is 3. The van der Waals surface area contributed by atoms with E-state index in [0.717, 1.165) is 0 Å². The first-order valence-electron chi connectivity index (χ1n) is 9.23. The number of aromatic hydroxyl groups is 1. The van der Waals surface area contributed by atoms with E-state index in [2.05, 4.69) is 0 Å². The highest BCUT2D eigenvalue weighted by molar-refractivity contribution is 6.27. The molecule has 0 spiro atoms. The van der Waals surface area contributed by atoms with Crippen LogP contribution in [-0.4, -0.2) is 40.6 Å². The predicted molar refractivity (Wildman–Crippen MR) is 104 cm³/mol. The minimum atomic E-state index is -0.958. The molecule has 2 aliphatic rings. The molecule has 0 bridgehead atoms. The summed E-state index contributed by atoms with van der Waals surface area (Å²) in [6.45, 7) is 8.69. The van der Waals surface area contributed by atoms with Crippen molar-refractivity contribution in [1.82, 2.24) is 0 Å². The fraction of sp³-hybridized carbons (Fsp3) is 0.455. The van der Waals surface area contributed by atoms with E-state index < -0.39 is 16.8 Å². The Bertz CT molecular complexity index is 931. The van der Waals surface area contributed by atoms with Gasteiger partial charge in [0.15, 0.2) is 11.5 Å². The summed E-state index contributed by atoms with van der Waals surface area (Å²) in [6, 6.07) is 1.33. The lowest BCUT2D eigenvalue weighted by Crippen LogP contribution is -2.32. The van der Waals surface area contributed by atoms with E-state index in [9.17, 15) is 19.8 Å². The molecule has 1 heterocycles. The molecule has 28 heavy (non-hydrogen) atoms. The quantitative estimate of drug-likeness (QED) is 0.770. The van der Waals surface area contributed by atoms with Gasteiger partial charge in [0.05, 0.1) is 18.3 Å². The molecular weight excluding hydrogens is 360 g/mol. The molecule has 1 aromatic carbocycles. The van der Waals surface area contributed by atoms with E-state index in [1.165, 1.54) is 13.2 Å². The normalized spacial score (nSPS) is 24.5. The van der Waals surface area contributed by atoms with Crippen molar-refractivity contribution < 1.29 is 29.3 Å². The Hall–Kier alpha value is -2.60. The molecule has 6 heteroatoms. The average molecular weight is 386 g/mol. The van der Waals surface area contributed by atoms with Gasteiger partial charge in [-0.25, -0.2) is 0 Å². The van der Waals surface area contributed by atoms with Crippen LogP contribution in [0.4, 0.5) is 0 Å². The van der Waals surface area contributed by atoms with E-state index >= 15 is 0 Å². The molecular formula is C22H26O6. The van der Waals surface area contributed by atoms with Gasteiger partial charge in [-0.1, -0.05) is 19.1 Å². The number of carbonyl (C=O) groups is 2. The molecule has 6 nitrogen and oxygen atoms in total. The smallest absolute Gasteiger partial charge is 0.228 e. The van der Waals surface area contributed by atoms with Gasteiger partial charge in [-0.3, -0.25) is 9.59 Å². The van der Waals surface area contributed by atoms with Crippen molar-refractivity contribution in [1.29, 1.82) is 0 Å². The molecule has 1 aliphatic carbocycles. The number of aliphatic hydroxyl groups is 1. The Morgan fingerprint density at radius 2 is 1.96 bits per heavy atom. The Morgan fingerprint density at radius 1 is 1.32 bits per heavy atom. The second kappa shape index (κ2) is 6.48. The van der Waals surface area contributed by atoms with Gasteiger partial charge in [-0.2, -0.15) is 0 Å². The van der Waals surface area contributed by atoms with Crippen molar-refractivity contribution >= 4 is 11.6 Å². The van der Waals surface area contributed by atoms with Crippen LogP contribution in [0.2, 0.25) is 0 Å². The van der Waals surface area contributed by atoms with E-state index in [4.69, 9.17) is 9.47 Å². The van der Waals surface area contributed by atoms with E-state index in [1.807, 2.05) is 19.9 Å². The van der Waals surface area contributed by atoms with Crippen LogP contribution in [0.25, 0.3) is 0 Å². The molecule has 0 fully saturated rings. The summed E-state index contributed by atoms with van der Waals surface area (Å²) in [7, 11) is 1.34. The highest BCUT2D eigenvalue weighted by Gasteiger charge is 2.48. The van der Waals surface area contributed by atoms with E-state index in [0.29, 0.717) is 12.0 Å². The third-order valence-corrected chi connectivity index (χ3v) is 5.65. The molecule has 1 aromatic rings. The Labute approximate surface area is 164 Å². The first-order valence-corrected chi connectivity index (χ1v) is 9.23. The van der Waals surface area contributed by atoms with Crippen LogP contribution in [0.15, 0.2) is 29.6 Å². The van der Waals surface area contributed by atoms with Crippen LogP contribution in [0.5, 0.6) is 11.5 Å². The SMILES string of the molecule is COC1=C(C)C(=O)c2c(cc(O)c3c2OC(C)C3(C)C/C=C/C(C)(C)O)C1=O. The number of benzene rings is 1. The number of methoxy groups -OCH3 is 1. The second-order valence-corrected chi connectivity index (χ2v) is 8.28. The van der Waals surface area contributed by atoms with Crippen molar-refractivity contribution in [2.24, 2.45) is 0 Å². The summed E-state index contributed by atoms with van der Waals surface area (Å²) >= 11 is 0. The van der Waals surface area contributed by atoms with E-state index in [-0.39, 0.29) is 45.8 Å². The molecule has 0 radical (unpaired) electrons. The van der Waals surface area contributed by atoms with Crippen LogP contribution in [0, 0.1) is 0 Å². The number of ketones is 2.